The van der Waals surface area contributed by atoms with Crippen molar-refractivity contribution in [1.29, 1.82) is 0 Å². The molecule has 0 bridgehead atoms. The second kappa shape index (κ2) is 27.6. The molecule has 0 spiro atoms. The largest absolute Gasteiger partial charge is 0.548 e. The highest BCUT2D eigenvalue weighted by molar-refractivity contribution is 5.93. The minimum Gasteiger partial charge on any atom is -0.548 e. The quantitative estimate of drug-likeness (QED) is 0.0358. The number of aliphatic hydroxyl groups excluding tert-OH is 5. The minimum absolute atomic E-state index is 0.0871. The second-order valence-electron chi connectivity index (χ2n) is 16.1. The maximum absolute atomic E-state index is 13.5. The topological polar surface area (TPSA) is 450 Å². The highest BCUT2D eigenvalue weighted by atomic mass is 16.7. The summed E-state index contributed by atoms with van der Waals surface area (Å²) < 4.78 is 23.1. The number of carboxylic acid groups (broad SMARTS) is 2. The van der Waals surface area contributed by atoms with Crippen molar-refractivity contribution >= 4 is 53.3 Å². The zero-order valence-corrected chi connectivity index (χ0v) is 38.0. The summed E-state index contributed by atoms with van der Waals surface area (Å²) in [4.78, 5) is 112. The van der Waals surface area contributed by atoms with Crippen LogP contribution in [-0.2, 0) is 62.1 Å². The van der Waals surface area contributed by atoms with Crippen LogP contribution in [0.3, 0.4) is 0 Å². The van der Waals surface area contributed by atoms with Crippen molar-refractivity contribution in [2.75, 3.05) is 19.8 Å². The number of nitrogens with one attached hydrogen (secondary N) is 7. The number of unbranched alkanes of at least 4 members (excludes halogenated alkanes) is 1. The number of carbonyl (C=O) groups excluding carboxylic acids is 9. The molecule has 0 aromatic rings. The van der Waals surface area contributed by atoms with Gasteiger partial charge in [-0.3, -0.25) is 33.6 Å². The average molecular weight is 966 g/mol. The lowest BCUT2D eigenvalue weighted by atomic mass is 9.94. The molecule has 0 aromatic heterocycles. The number of carbonyl (C=O) groups is 9. The molecule has 2 rings (SSSR count). The molecular formula is C39H65N8O20-. The molecule has 2 aliphatic heterocycles. The van der Waals surface area contributed by atoms with Crippen LogP contribution in [0.25, 0.3) is 0 Å². The van der Waals surface area contributed by atoms with Crippen molar-refractivity contribution in [3.8, 4) is 0 Å². The zero-order chi connectivity index (χ0) is 50.9. The van der Waals surface area contributed by atoms with E-state index in [9.17, 15) is 78.9 Å². The van der Waals surface area contributed by atoms with Gasteiger partial charge in [0.05, 0.1) is 43.8 Å². The molecule has 2 heterocycles. The van der Waals surface area contributed by atoms with Crippen molar-refractivity contribution in [2.24, 2.45) is 0 Å². The summed E-state index contributed by atoms with van der Waals surface area (Å²) in [5.74, 6) is -9.37. The monoisotopic (exact) mass is 965 g/mol. The van der Waals surface area contributed by atoms with E-state index in [1.807, 2.05) is 0 Å². The van der Waals surface area contributed by atoms with Crippen LogP contribution in [-0.4, -0.2) is 196 Å². The third kappa shape index (κ3) is 17.8. The van der Waals surface area contributed by atoms with Crippen LogP contribution < -0.4 is 53.2 Å². The van der Waals surface area contributed by atoms with Gasteiger partial charge < -0.3 is 107 Å². The van der Waals surface area contributed by atoms with Crippen LogP contribution in [0, 0.1) is 0 Å². The molecule has 0 aromatic carbocycles. The summed E-state index contributed by atoms with van der Waals surface area (Å²) in [5.41, 5.74) is 3.72. The van der Waals surface area contributed by atoms with E-state index < -0.39 is 177 Å². The van der Waals surface area contributed by atoms with Crippen LogP contribution in [0.15, 0.2) is 0 Å². The number of rotatable bonds is 26. The Hall–Kier alpha value is -5.17. The molecule has 0 radical (unpaired) electrons. The lowest BCUT2D eigenvalue weighted by Gasteiger charge is -2.48. The molecule has 15 N–H and O–H groups in total. The number of hydrogen-bond donors (Lipinski definition) is 13. The lowest BCUT2D eigenvalue weighted by Crippen LogP contribution is -2.70. The SMILES string of the molecule is CC(=O)N[C@@H]1[C@@H](O[C@H](C)C(=O)N[C@@H](C)C(=O)N[C@H](CCC(=O)N[C@@H](CCCC[NH3+])C(=O)N[C@H](C)C(=O)N[C@H](C)C(=O)[O-])C(=O)[O-])[C@H](O[C@@H]2O[C@H](CO)[C@@H](O)[C@H](O)[C@H]2NC(C)=O)[C@@H](CO)O[C@H]1O. The standard InChI is InChI=1S/C39H66N8O20/c1-15(32(55)43-17(3)36(59)60)42-35(58)21(9-7-8-12-40)46-25(52)11-10-22(37(61)62)47-33(56)16(2)41-34(57)18(4)64-31-27(45-20(6)51)38(63)65-24(14-49)30(31)67-39-26(44-19(5)50)29(54)28(53)23(13-48)66-39/h15-18,21-24,26-31,38-39,48-49,53-54,63H,7-14,40H2,1-6H3,(H,41,57)(H,42,58)(H,43,55)(H,44,50)(H,45,51)(H,46,52)(H,47,56)(H,59,60)(H,61,62)/p-1/t15-,16+,17-,18-,21+,22-,23-,24-,26-,27-,28-,29-,30-,31-,38-,39+/m1/s1. The van der Waals surface area contributed by atoms with Crippen molar-refractivity contribution in [2.45, 2.75) is 171 Å². The van der Waals surface area contributed by atoms with Gasteiger partial charge in [0.2, 0.25) is 41.4 Å². The molecule has 2 saturated heterocycles. The van der Waals surface area contributed by atoms with Gasteiger partial charge in [-0.15, -0.1) is 0 Å². The number of aliphatic hydroxyl groups is 5. The van der Waals surface area contributed by atoms with E-state index in [4.69, 9.17) is 18.9 Å². The van der Waals surface area contributed by atoms with Gasteiger partial charge in [0.15, 0.2) is 12.6 Å². The maximum atomic E-state index is 13.5. The molecule has 16 atom stereocenters. The highest BCUT2D eigenvalue weighted by Gasteiger charge is 2.53. The molecule has 28 nitrogen and oxygen atoms in total. The number of hydrogen-bond acceptors (Lipinski definition) is 20. The van der Waals surface area contributed by atoms with Gasteiger partial charge >= 0.3 is 0 Å². The summed E-state index contributed by atoms with van der Waals surface area (Å²) >= 11 is 0. The number of quaternary nitrogens is 1. The first kappa shape index (κ1) is 58.0. The van der Waals surface area contributed by atoms with E-state index in [-0.39, 0.29) is 6.42 Å². The van der Waals surface area contributed by atoms with E-state index in [1.165, 1.54) is 20.8 Å². The predicted molar refractivity (Wildman–Crippen MR) is 218 cm³/mol. The first-order chi connectivity index (χ1) is 31.4. The van der Waals surface area contributed by atoms with Gasteiger partial charge in [-0.1, -0.05) is 0 Å². The molecule has 0 saturated carbocycles. The number of aliphatic carboxylic acids is 2. The second-order valence-corrected chi connectivity index (χ2v) is 16.1. The minimum atomic E-state index is -1.90. The fourth-order valence-electron chi connectivity index (χ4n) is 6.88. The van der Waals surface area contributed by atoms with E-state index in [0.717, 1.165) is 20.8 Å². The van der Waals surface area contributed by atoms with Crippen molar-refractivity contribution in [1.82, 2.24) is 37.2 Å². The van der Waals surface area contributed by atoms with Crippen LogP contribution in [0.5, 0.6) is 0 Å². The van der Waals surface area contributed by atoms with Crippen LogP contribution >= 0.6 is 0 Å². The molecule has 2 aliphatic rings. The Morgan fingerprint density at radius 1 is 0.627 bits per heavy atom. The molecule has 28 heteroatoms. The van der Waals surface area contributed by atoms with Gasteiger partial charge in [-0.2, -0.15) is 0 Å². The molecule has 7 amide bonds. The first-order valence-electron chi connectivity index (χ1n) is 21.5. The Morgan fingerprint density at radius 2 is 1.18 bits per heavy atom. The summed E-state index contributed by atoms with van der Waals surface area (Å²) in [6, 6.07) is -10.1. The Labute approximate surface area is 384 Å². The van der Waals surface area contributed by atoms with Gasteiger partial charge in [-0.25, -0.2) is 0 Å². The average Bonchev–Trinajstić information content (AvgIpc) is 3.25. The summed E-state index contributed by atoms with van der Waals surface area (Å²) in [6.45, 7) is 5.73. The molecule has 67 heavy (non-hydrogen) atoms. The van der Waals surface area contributed by atoms with Crippen LogP contribution in [0.2, 0.25) is 0 Å². The van der Waals surface area contributed by atoms with Crippen molar-refractivity contribution < 1.29 is 104 Å². The third-order valence-electron chi connectivity index (χ3n) is 10.6. The van der Waals surface area contributed by atoms with Gasteiger partial charge in [0, 0.05) is 20.3 Å². The molecule has 0 unspecified atom stereocenters. The van der Waals surface area contributed by atoms with Crippen molar-refractivity contribution in [3.05, 3.63) is 0 Å². The zero-order valence-electron chi connectivity index (χ0n) is 38.0. The van der Waals surface area contributed by atoms with Gasteiger partial charge in [-0.05, 0) is 53.4 Å². The van der Waals surface area contributed by atoms with E-state index in [2.05, 4.69) is 43.0 Å². The number of amides is 7. The van der Waals surface area contributed by atoms with Gasteiger partial charge in [0.25, 0.3) is 0 Å². The molecule has 382 valence electrons. The lowest BCUT2D eigenvalue weighted by molar-refractivity contribution is -0.368. The predicted octanol–water partition coefficient (Wildman–Crippen LogP) is -10.5. The Bertz CT molecular complexity index is 1730. The fourth-order valence-corrected chi connectivity index (χ4v) is 6.88. The summed E-state index contributed by atoms with van der Waals surface area (Å²) in [7, 11) is 0. The van der Waals surface area contributed by atoms with Gasteiger partial charge in [0.1, 0.15) is 72.9 Å². The Kier molecular flexibility index (Phi) is 23.9. The third-order valence-corrected chi connectivity index (χ3v) is 10.6. The smallest absolute Gasteiger partial charge is 0.249 e. The highest BCUT2D eigenvalue weighted by Crippen LogP contribution is 2.31. The molecule has 2 fully saturated rings. The first-order valence-corrected chi connectivity index (χ1v) is 21.5. The maximum Gasteiger partial charge on any atom is 0.249 e. The Morgan fingerprint density at radius 3 is 1.72 bits per heavy atom. The van der Waals surface area contributed by atoms with Crippen molar-refractivity contribution in [3.63, 3.8) is 0 Å². The van der Waals surface area contributed by atoms with Crippen LogP contribution in [0.1, 0.15) is 73.6 Å². The van der Waals surface area contributed by atoms with E-state index in [1.54, 1.807) is 0 Å². The van der Waals surface area contributed by atoms with Crippen LogP contribution in [0.4, 0.5) is 0 Å². The molecule has 0 aliphatic carbocycles. The fraction of sp³-hybridized carbons (Fsp3) is 0.769. The normalized spacial score (nSPS) is 27.6. The number of carboxylic acids is 2. The summed E-state index contributed by atoms with van der Waals surface area (Å²) in [6.07, 6.45) is -15.0. The Balaban J connectivity index is 2.19. The summed E-state index contributed by atoms with van der Waals surface area (Å²) in [5, 5.41) is 91.4. The van der Waals surface area contributed by atoms with E-state index >= 15 is 0 Å². The number of ether oxygens (including phenoxy) is 4. The van der Waals surface area contributed by atoms with E-state index in [0.29, 0.717) is 19.4 Å². The molecular weight excluding hydrogens is 900 g/mol.